The molecule has 0 radical (unpaired) electrons. The van der Waals surface area contributed by atoms with Crippen LogP contribution in [0.3, 0.4) is 0 Å². The van der Waals surface area contributed by atoms with Gasteiger partial charge >= 0.3 is 23.9 Å². The Labute approximate surface area is 284 Å². The first kappa shape index (κ1) is 41.7. The number of hydrogen-bond acceptors (Lipinski definition) is 16. The number of carbonyl (C=O) groups is 4. The minimum atomic E-state index is -1.25. The lowest BCUT2D eigenvalue weighted by atomic mass is 9.92. The molecule has 0 aliphatic heterocycles. The number of hydrogen-bond donors (Lipinski definition) is 4. The molecule has 0 bridgehead atoms. The Morgan fingerprint density at radius 2 is 0.634 bits per heavy atom. The minimum absolute atomic E-state index is 0.182. The SMILES string of the molecule is O=C(CCSCCS)OCC(COC(=O)CCSCCS)(COC(=O)CCSCCS)COC(=O)CCSCCS. The van der Waals surface area contributed by atoms with E-state index in [0.29, 0.717) is 46.0 Å². The van der Waals surface area contributed by atoms with Crippen molar-refractivity contribution in [3.8, 4) is 0 Å². The van der Waals surface area contributed by atoms with Crippen molar-refractivity contribution < 1.29 is 38.1 Å². The molecule has 0 saturated heterocycles. The minimum Gasteiger partial charge on any atom is -0.465 e. The van der Waals surface area contributed by atoms with Crippen LogP contribution in [0.5, 0.6) is 0 Å². The zero-order valence-corrected chi connectivity index (χ0v) is 30.2. The molecule has 0 aromatic carbocycles. The highest BCUT2D eigenvalue weighted by molar-refractivity contribution is 8.00. The molecular formula is C25H44O8S8. The molecule has 0 atom stereocenters. The third kappa shape index (κ3) is 25.7. The summed E-state index contributed by atoms with van der Waals surface area (Å²) >= 11 is 23.0. The lowest BCUT2D eigenvalue weighted by molar-refractivity contribution is -0.170. The molecule has 0 aromatic rings. The Morgan fingerprint density at radius 1 is 0.415 bits per heavy atom. The lowest BCUT2D eigenvalue weighted by Gasteiger charge is -2.31. The van der Waals surface area contributed by atoms with Crippen molar-refractivity contribution in [3.05, 3.63) is 0 Å². The monoisotopic (exact) mass is 728 g/mol. The highest BCUT2D eigenvalue weighted by Crippen LogP contribution is 2.23. The molecule has 0 aliphatic rings. The second kappa shape index (κ2) is 29.4. The van der Waals surface area contributed by atoms with E-state index in [1.165, 1.54) is 0 Å². The molecular weight excluding hydrogens is 685 g/mol. The molecule has 0 amide bonds. The number of ether oxygens (including phenoxy) is 4. The van der Waals surface area contributed by atoms with Crippen LogP contribution in [0, 0.1) is 5.41 Å². The second-order valence-electron chi connectivity index (χ2n) is 8.49. The summed E-state index contributed by atoms with van der Waals surface area (Å²) in [5.41, 5.74) is -1.25. The Balaban J connectivity index is 5.47. The number of thiol groups is 4. The highest BCUT2D eigenvalue weighted by Gasteiger charge is 2.38. The molecule has 16 heteroatoms. The number of thioether (sulfide) groups is 4. The van der Waals surface area contributed by atoms with E-state index in [2.05, 4.69) is 50.5 Å². The van der Waals surface area contributed by atoms with Crippen molar-refractivity contribution in [2.24, 2.45) is 5.41 Å². The first-order chi connectivity index (χ1) is 19.8. The van der Waals surface area contributed by atoms with E-state index in [4.69, 9.17) is 18.9 Å². The summed E-state index contributed by atoms with van der Waals surface area (Å²) in [7, 11) is 0. The van der Waals surface area contributed by atoms with Crippen molar-refractivity contribution in [2.45, 2.75) is 25.7 Å². The predicted molar refractivity (Wildman–Crippen MR) is 189 cm³/mol. The van der Waals surface area contributed by atoms with E-state index in [-0.39, 0.29) is 52.1 Å². The zero-order chi connectivity index (χ0) is 30.6. The van der Waals surface area contributed by atoms with Crippen LogP contribution in [0.2, 0.25) is 0 Å². The average molecular weight is 729 g/mol. The van der Waals surface area contributed by atoms with Gasteiger partial charge in [-0.2, -0.15) is 97.6 Å². The largest absolute Gasteiger partial charge is 0.465 e. The van der Waals surface area contributed by atoms with Gasteiger partial charge in [0.1, 0.15) is 31.8 Å². The summed E-state index contributed by atoms with van der Waals surface area (Å²) in [6.07, 6.45) is 0.726. The molecule has 0 rings (SSSR count). The first-order valence-corrected chi connectivity index (χ1v) is 20.3. The summed E-state index contributed by atoms with van der Waals surface area (Å²) in [6.45, 7) is -0.968. The number of rotatable bonds is 28. The van der Waals surface area contributed by atoms with Crippen LogP contribution >= 0.6 is 97.6 Å². The molecule has 0 spiro atoms. The molecule has 0 N–H and O–H groups in total. The Morgan fingerprint density at radius 3 is 0.829 bits per heavy atom. The van der Waals surface area contributed by atoms with E-state index in [1.54, 1.807) is 47.0 Å². The van der Waals surface area contributed by atoms with Crippen LogP contribution in [0.25, 0.3) is 0 Å². The summed E-state index contributed by atoms with van der Waals surface area (Å²) in [5.74, 6) is 6.59. The Kier molecular flexibility index (Phi) is 29.9. The van der Waals surface area contributed by atoms with E-state index in [1.807, 2.05) is 0 Å². The van der Waals surface area contributed by atoms with E-state index < -0.39 is 29.3 Å². The first-order valence-electron chi connectivity index (χ1n) is 13.2. The topological polar surface area (TPSA) is 105 Å². The zero-order valence-electron chi connectivity index (χ0n) is 23.3. The van der Waals surface area contributed by atoms with E-state index >= 15 is 0 Å². The maximum atomic E-state index is 12.5. The van der Waals surface area contributed by atoms with Crippen LogP contribution in [-0.4, -0.2) is 119 Å². The van der Waals surface area contributed by atoms with Crippen molar-refractivity contribution in [1.29, 1.82) is 0 Å². The number of carbonyl (C=O) groups excluding carboxylic acids is 4. The maximum Gasteiger partial charge on any atom is 0.306 e. The third-order valence-corrected chi connectivity index (χ3v) is 10.9. The molecule has 0 heterocycles. The normalized spacial score (nSPS) is 11.2. The smallest absolute Gasteiger partial charge is 0.306 e. The van der Waals surface area contributed by atoms with Crippen molar-refractivity contribution in [1.82, 2.24) is 0 Å². The van der Waals surface area contributed by atoms with Gasteiger partial charge in [-0.3, -0.25) is 19.2 Å². The lowest BCUT2D eigenvalue weighted by Crippen LogP contribution is -2.44. The van der Waals surface area contributed by atoms with Crippen LogP contribution in [-0.2, 0) is 38.1 Å². The van der Waals surface area contributed by atoms with Crippen molar-refractivity contribution in [3.63, 3.8) is 0 Å². The Hall–Kier alpha value is 0.680. The van der Waals surface area contributed by atoms with E-state index in [9.17, 15) is 19.2 Å². The van der Waals surface area contributed by atoms with E-state index in [0.717, 1.165) is 23.0 Å². The highest BCUT2D eigenvalue weighted by atomic mass is 32.2. The van der Waals surface area contributed by atoms with Crippen LogP contribution < -0.4 is 0 Å². The van der Waals surface area contributed by atoms with Gasteiger partial charge in [-0.05, 0) is 23.0 Å². The maximum absolute atomic E-state index is 12.5. The number of esters is 4. The van der Waals surface area contributed by atoms with Gasteiger partial charge in [0.2, 0.25) is 0 Å². The third-order valence-electron chi connectivity index (χ3n) is 4.90. The summed E-state index contributed by atoms with van der Waals surface area (Å²) < 4.78 is 22.2. The summed E-state index contributed by atoms with van der Waals surface area (Å²) in [4.78, 5) is 49.9. The molecule has 41 heavy (non-hydrogen) atoms. The fourth-order valence-corrected chi connectivity index (χ4v) is 6.89. The van der Waals surface area contributed by atoms with Gasteiger partial charge in [-0.25, -0.2) is 0 Å². The molecule has 0 aliphatic carbocycles. The van der Waals surface area contributed by atoms with Crippen molar-refractivity contribution in [2.75, 3.05) is 95.5 Å². The fourth-order valence-electron chi connectivity index (χ4n) is 2.76. The molecule has 240 valence electrons. The summed E-state index contributed by atoms with van der Waals surface area (Å²) in [5, 5.41) is 0. The van der Waals surface area contributed by atoms with Gasteiger partial charge in [-0.15, -0.1) is 0 Å². The summed E-state index contributed by atoms with van der Waals surface area (Å²) in [6, 6.07) is 0. The second-order valence-corrected chi connectivity index (χ2v) is 15.2. The van der Waals surface area contributed by atoms with Crippen LogP contribution in [0.15, 0.2) is 0 Å². The molecule has 0 saturated carbocycles. The molecule has 0 aromatic heterocycles. The van der Waals surface area contributed by atoms with Gasteiger partial charge in [0.15, 0.2) is 0 Å². The predicted octanol–water partition coefficient (Wildman–Crippen LogP) is 4.36. The standard InChI is InChI=1S/C25H44O8S8/c26-21(1-9-38-13-5-34)30-17-25(18-31-22(27)2-10-39-14-6-35,19-32-23(28)3-11-40-15-7-36)20-33-24(29)4-12-41-16-8-37/h34-37H,1-20H2. The quantitative estimate of drug-likeness (QED) is 0.0399. The van der Waals surface area contributed by atoms with Gasteiger partial charge < -0.3 is 18.9 Å². The fraction of sp³-hybridized carbons (Fsp3) is 0.840. The van der Waals surface area contributed by atoms with Gasteiger partial charge in [0.25, 0.3) is 0 Å². The van der Waals surface area contributed by atoms with Gasteiger partial charge in [0, 0.05) is 46.0 Å². The van der Waals surface area contributed by atoms with Crippen LogP contribution in [0.1, 0.15) is 25.7 Å². The molecule has 0 fully saturated rings. The van der Waals surface area contributed by atoms with Gasteiger partial charge in [0.05, 0.1) is 25.7 Å². The molecule has 0 unspecified atom stereocenters. The van der Waals surface area contributed by atoms with Crippen molar-refractivity contribution >= 4 is 121 Å². The van der Waals surface area contributed by atoms with Crippen LogP contribution in [0.4, 0.5) is 0 Å². The Bertz CT molecular complexity index is 600. The molecule has 8 nitrogen and oxygen atoms in total. The van der Waals surface area contributed by atoms with Gasteiger partial charge in [-0.1, -0.05) is 0 Å². The average Bonchev–Trinajstić information content (AvgIpc) is 2.97.